The van der Waals surface area contributed by atoms with Crippen molar-refractivity contribution in [2.75, 3.05) is 0 Å². The Bertz CT molecular complexity index is 872. The molecule has 4 atom stereocenters. The van der Waals surface area contributed by atoms with Crippen LogP contribution >= 0.6 is 0 Å². The Morgan fingerprint density at radius 3 is 1.94 bits per heavy atom. The number of carboxylic acids is 2. The number of carboxylic acid groups (broad SMARTS) is 2. The molecule has 3 amide bonds. The molecule has 1 aromatic rings. The molecule has 182 valence electrons. The molecule has 1 rings (SSSR count). The van der Waals surface area contributed by atoms with E-state index in [4.69, 9.17) is 10.8 Å². The van der Waals surface area contributed by atoms with E-state index in [1.54, 1.807) is 13.8 Å². The van der Waals surface area contributed by atoms with Crippen molar-refractivity contribution < 1.29 is 39.3 Å². The van der Waals surface area contributed by atoms with Gasteiger partial charge in [-0.1, -0.05) is 26.0 Å². The van der Waals surface area contributed by atoms with E-state index >= 15 is 0 Å². The van der Waals surface area contributed by atoms with Gasteiger partial charge in [0.1, 0.15) is 23.9 Å². The number of carbonyl (C=O) groups is 5. The highest BCUT2D eigenvalue weighted by molar-refractivity contribution is 5.94. The van der Waals surface area contributed by atoms with Gasteiger partial charge in [-0.2, -0.15) is 0 Å². The van der Waals surface area contributed by atoms with Crippen LogP contribution in [0.25, 0.3) is 0 Å². The molecule has 12 heteroatoms. The van der Waals surface area contributed by atoms with Crippen LogP contribution in [0.2, 0.25) is 0 Å². The van der Waals surface area contributed by atoms with Crippen molar-refractivity contribution in [3.63, 3.8) is 0 Å². The van der Waals surface area contributed by atoms with Gasteiger partial charge < -0.3 is 37.0 Å². The molecule has 0 fully saturated rings. The van der Waals surface area contributed by atoms with Crippen LogP contribution in [0.1, 0.15) is 32.8 Å². The third-order valence-corrected chi connectivity index (χ3v) is 4.72. The van der Waals surface area contributed by atoms with Crippen LogP contribution in [-0.4, -0.2) is 69.1 Å². The Kier molecular flexibility index (Phi) is 10.3. The molecule has 0 saturated carbocycles. The van der Waals surface area contributed by atoms with Gasteiger partial charge in [-0.05, 0) is 30.5 Å². The van der Waals surface area contributed by atoms with Gasteiger partial charge in [-0.15, -0.1) is 0 Å². The lowest BCUT2D eigenvalue weighted by molar-refractivity contribution is -0.142. The molecule has 12 nitrogen and oxygen atoms in total. The highest BCUT2D eigenvalue weighted by Crippen LogP contribution is 2.12. The Morgan fingerprint density at radius 1 is 0.879 bits per heavy atom. The molecule has 8 N–H and O–H groups in total. The van der Waals surface area contributed by atoms with E-state index in [9.17, 15) is 34.2 Å². The van der Waals surface area contributed by atoms with Crippen LogP contribution in [0.15, 0.2) is 24.3 Å². The SMILES string of the molecule is CC(NC(=O)C(N)CC(=O)O)C(=O)NC(C(=O)NC(Cc1ccc(O)cc1)C(=O)O)C(C)C. The summed E-state index contributed by atoms with van der Waals surface area (Å²) < 4.78 is 0. The number of phenols is 1. The summed E-state index contributed by atoms with van der Waals surface area (Å²) in [6.45, 7) is 4.62. The van der Waals surface area contributed by atoms with Crippen molar-refractivity contribution in [1.82, 2.24) is 16.0 Å². The van der Waals surface area contributed by atoms with E-state index in [2.05, 4.69) is 16.0 Å². The van der Waals surface area contributed by atoms with E-state index in [-0.39, 0.29) is 12.2 Å². The third-order valence-electron chi connectivity index (χ3n) is 4.72. The fourth-order valence-corrected chi connectivity index (χ4v) is 2.81. The standard InChI is InChI=1S/C21H30N4O8/c1-10(2)17(25-18(29)11(3)23-19(30)14(22)9-16(27)28)20(31)24-15(21(32)33)8-12-4-6-13(26)7-5-12/h4-7,10-11,14-15,17,26H,8-9,22H2,1-3H3,(H,23,30)(H,24,31)(H,25,29)(H,27,28)(H,32,33). The molecule has 0 aliphatic carbocycles. The number of amides is 3. The lowest BCUT2D eigenvalue weighted by Gasteiger charge is -2.26. The summed E-state index contributed by atoms with van der Waals surface area (Å²) in [6, 6.07) is 0.975. The van der Waals surface area contributed by atoms with Crippen molar-refractivity contribution in [3.8, 4) is 5.75 Å². The molecule has 0 radical (unpaired) electrons. The molecule has 0 spiro atoms. The Morgan fingerprint density at radius 2 is 1.45 bits per heavy atom. The second-order valence-corrected chi connectivity index (χ2v) is 7.93. The predicted octanol–water partition coefficient (Wildman–Crippen LogP) is -1.05. The number of hydrogen-bond acceptors (Lipinski definition) is 7. The number of nitrogens with two attached hydrogens (primary N) is 1. The zero-order valence-corrected chi connectivity index (χ0v) is 18.6. The molecule has 0 aliphatic rings. The highest BCUT2D eigenvalue weighted by atomic mass is 16.4. The van der Waals surface area contributed by atoms with Crippen LogP contribution < -0.4 is 21.7 Å². The minimum atomic E-state index is -1.35. The molecule has 0 aromatic heterocycles. The summed E-state index contributed by atoms with van der Waals surface area (Å²) in [5.41, 5.74) is 6.03. The average Bonchev–Trinajstić information content (AvgIpc) is 2.71. The van der Waals surface area contributed by atoms with E-state index in [1.807, 2.05) is 0 Å². The summed E-state index contributed by atoms with van der Waals surface area (Å²) in [4.78, 5) is 59.5. The van der Waals surface area contributed by atoms with Gasteiger partial charge in [-0.3, -0.25) is 19.2 Å². The van der Waals surface area contributed by atoms with Gasteiger partial charge in [-0.25, -0.2) is 4.79 Å². The van der Waals surface area contributed by atoms with Crippen molar-refractivity contribution >= 4 is 29.7 Å². The van der Waals surface area contributed by atoms with Crippen LogP contribution in [-0.2, 0) is 30.4 Å². The number of rotatable bonds is 12. The lowest BCUT2D eigenvalue weighted by atomic mass is 10.0. The van der Waals surface area contributed by atoms with Gasteiger partial charge >= 0.3 is 11.9 Å². The summed E-state index contributed by atoms with van der Waals surface area (Å²) >= 11 is 0. The van der Waals surface area contributed by atoms with Crippen LogP contribution in [0.4, 0.5) is 0 Å². The van der Waals surface area contributed by atoms with Crippen LogP contribution in [0.3, 0.4) is 0 Å². The monoisotopic (exact) mass is 466 g/mol. The summed E-state index contributed by atoms with van der Waals surface area (Å²) in [6.07, 6.45) is -0.664. The number of nitrogens with one attached hydrogen (secondary N) is 3. The largest absolute Gasteiger partial charge is 0.508 e. The Balaban J connectivity index is 2.80. The third kappa shape index (κ3) is 9.15. The molecular formula is C21H30N4O8. The zero-order valence-electron chi connectivity index (χ0n) is 18.6. The number of phenolic OH excluding ortho intramolecular Hbond substituents is 1. The van der Waals surface area contributed by atoms with Gasteiger partial charge in [0.25, 0.3) is 0 Å². The molecule has 0 aliphatic heterocycles. The number of aliphatic carboxylic acids is 2. The first kappa shape index (κ1) is 27.4. The minimum Gasteiger partial charge on any atom is -0.508 e. The van der Waals surface area contributed by atoms with Crippen molar-refractivity contribution in [1.29, 1.82) is 0 Å². The molecule has 33 heavy (non-hydrogen) atoms. The first-order chi connectivity index (χ1) is 15.3. The molecular weight excluding hydrogens is 436 g/mol. The highest BCUT2D eigenvalue weighted by Gasteiger charge is 2.30. The summed E-state index contributed by atoms with van der Waals surface area (Å²) in [7, 11) is 0. The molecule has 0 saturated heterocycles. The fraction of sp³-hybridized carbons (Fsp3) is 0.476. The Labute approximate surface area is 190 Å². The van der Waals surface area contributed by atoms with Crippen molar-refractivity contribution in [2.24, 2.45) is 11.7 Å². The number of carbonyl (C=O) groups excluding carboxylic acids is 3. The maximum absolute atomic E-state index is 12.8. The zero-order chi connectivity index (χ0) is 25.3. The van der Waals surface area contributed by atoms with Gasteiger partial charge in [0, 0.05) is 6.42 Å². The summed E-state index contributed by atoms with van der Waals surface area (Å²) in [5.74, 6) is -5.26. The van der Waals surface area contributed by atoms with Crippen LogP contribution in [0.5, 0.6) is 5.75 Å². The normalized spacial score (nSPS) is 14.5. The van der Waals surface area contributed by atoms with Crippen LogP contribution in [0, 0.1) is 5.92 Å². The van der Waals surface area contributed by atoms with E-state index < -0.39 is 66.2 Å². The number of aromatic hydroxyl groups is 1. The lowest BCUT2D eigenvalue weighted by Crippen LogP contribution is -2.58. The van der Waals surface area contributed by atoms with Crippen molar-refractivity contribution in [2.45, 2.75) is 57.8 Å². The topological polar surface area (TPSA) is 208 Å². The van der Waals surface area contributed by atoms with Crippen molar-refractivity contribution in [3.05, 3.63) is 29.8 Å². The maximum atomic E-state index is 12.8. The van der Waals surface area contributed by atoms with E-state index in [0.29, 0.717) is 5.56 Å². The average molecular weight is 466 g/mol. The Hall–Kier alpha value is -3.67. The number of benzene rings is 1. The fourth-order valence-electron chi connectivity index (χ4n) is 2.81. The quantitative estimate of drug-likeness (QED) is 0.200. The number of hydrogen-bond donors (Lipinski definition) is 7. The van der Waals surface area contributed by atoms with E-state index in [0.717, 1.165) is 0 Å². The smallest absolute Gasteiger partial charge is 0.326 e. The molecule has 1 aromatic carbocycles. The van der Waals surface area contributed by atoms with Gasteiger partial charge in [0.2, 0.25) is 17.7 Å². The predicted molar refractivity (Wildman–Crippen MR) is 116 cm³/mol. The molecule has 0 bridgehead atoms. The molecule has 0 heterocycles. The van der Waals surface area contributed by atoms with Gasteiger partial charge in [0.05, 0.1) is 12.5 Å². The summed E-state index contributed by atoms with van der Waals surface area (Å²) in [5, 5.41) is 34.7. The van der Waals surface area contributed by atoms with Gasteiger partial charge in [0.15, 0.2) is 0 Å². The second kappa shape index (κ2) is 12.4. The first-order valence-electron chi connectivity index (χ1n) is 10.2. The first-order valence-corrected chi connectivity index (χ1v) is 10.2. The molecule has 4 unspecified atom stereocenters. The maximum Gasteiger partial charge on any atom is 0.326 e. The second-order valence-electron chi connectivity index (χ2n) is 7.93. The van der Waals surface area contributed by atoms with E-state index in [1.165, 1.54) is 31.2 Å². The minimum absolute atomic E-state index is 0.0161.